The van der Waals surface area contributed by atoms with Gasteiger partial charge in [0.15, 0.2) is 5.41 Å². The summed E-state index contributed by atoms with van der Waals surface area (Å²) >= 11 is 0. The summed E-state index contributed by atoms with van der Waals surface area (Å²) in [4.78, 5) is 19.8. The molecule has 96 valence electrons. The highest BCUT2D eigenvalue weighted by Gasteiger charge is 2.43. The van der Waals surface area contributed by atoms with Crippen molar-refractivity contribution in [2.45, 2.75) is 6.18 Å². The molecule has 0 aromatic carbocycles. The molecule has 17 heavy (non-hydrogen) atoms. The number of alkyl halides is 3. The van der Waals surface area contributed by atoms with E-state index in [0.717, 1.165) is 0 Å². The van der Waals surface area contributed by atoms with Crippen LogP contribution in [0.1, 0.15) is 0 Å². The highest BCUT2D eigenvalue weighted by Crippen LogP contribution is 2.22. The van der Waals surface area contributed by atoms with E-state index < -0.39 is 17.6 Å². The van der Waals surface area contributed by atoms with E-state index in [1.165, 1.54) is 7.11 Å². The summed E-state index contributed by atoms with van der Waals surface area (Å²) in [6.07, 6.45) is 0.0711. The Labute approximate surface area is 94.9 Å². The second-order valence-electron chi connectivity index (χ2n) is 3.12. The van der Waals surface area contributed by atoms with Crippen LogP contribution in [0.3, 0.4) is 0 Å². The molecule has 8 heteroatoms. The van der Waals surface area contributed by atoms with Crippen LogP contribution >= 0.6 is 0 Å². The van der Waals surface area contributed by atoms with Gasteiger partial charge in [-0.15, -0.1) is 6.42 Å². The van der Waals surface area contributed by atoms with Gasteiger partial charge in [-0.1, -0.05) is 5.92 Å². The lowest BCUT2D eigenvalue weighted by atomic mass is 9.83. The van der Waals surface area contributed by atoms with E-state index in [1.807, 2.05) is 0 Å². The Hall–Kier alpha value is -1.75. The second kappa shape index (κ2) is 5.54. The Kier molecular flexibility index (Phi) is 4.97. The molecule has 0 atom stereocenters. The lowest BCUT2D eigenvalue weighted by Gasteiger charge is -2.34. The third-order valence-corrected chi connectivity index (χ3v) is 1.95. The summed E-state index contributed by atoms with van der Waals surface area (Å²) in [7, 11) is 1.35. The van der Waals surface area contributed by atoms with Crippen LogP contribution in [0.5, 0.6) is 0 Å². The van der Waals surface area contributed by atoms with Crippen molar-refractivity contribution >= 4 is 11.9 Å². The maximum atomic E-state index is 10.9. The molecular formula is C9H10F3NO4. The molecule has 0 radical (unpaired) electrons. The molecule has 0 spiro atoms. The number of methoxy groups -OCH3 is 1. The number of nitrogens with one attached hydrogen (secondary N) is 1. The van der Waals surface area contributed by atoms with Crippen molar-refractivity contribution in [1.29, 1.82) is 0 Å². The average Bonchev–Trinajstić information content (AvgIpc) is 2.16. The number of hydrogen-bond donors (Lipinski definition) is 2. The number of carbonyl (C=O) groups is 2. The number of aliphatic carboxylic acids is 1. The molecule has 5 nitrogen and oxygen atoms in total. The van der Waals surface area contributed by atoms with Gasteiger partial charge in [0.25, 0.3) is 0 Å². The van der Waals surface area contributed by atoms with Gasteiger partial charge < -0.3 is 15.2 Å². The van der Waals surface area contributed by atoms with Gasteiger partial charge in [-0.25, -0.2) is 4.79 Å². The normalized spacial score (nSPS) is 16.6. The molecule has 0 saturated carbocycles. The minimum Gasteiger partial charge on any atom is -0.475 e. The molecular weight excluding hydrogens is 243 g/mol. The van der Waals surface area contributed by atoms with Gasteiger partial charge in [-0.3, -0.25) is 4.79 Å². The van der Waals surface area contributed by atoms with Gasteiger partial charge in [-0.2, -0.15) is 13.2 Å². The number of carbonyl (C=O) groups excluding carboxylic acids is 1. The van der Waals surface area contributed by atoms with Crippen LogP contribution in [0.2, 0.25) is 0 Å². The predicted molar refractivity (Wildman–Crippen MR) is 49.8 cm³/mol. The second-order valence-corrected chi connectivity index (χ2v) is 3.12. The van der Waals surface area contributed by atoms with Gasteiger partial charge in [0.2, 0.25) is 0 Å². The highest BCUT2D eigenvalue weighted by atomic mass is 19.4. The molecule has 0 aromatic rings. The number of esters is 1. The summed E-state index contributed by atoms with van der Waals surface area (Å²) in [5.41, 5.74) is -0.672. The minimum atomic E-state index is -5.08. The van der Waals surface area contributed by atoms with Gasteiger partial charge >= 0.3 is 18.1 Å². The Bertz CT molecular complexity index is 341. The number of terminal acetylenes is 1. The molecule has 1 fully saturated rings. The number of hydrogen-bond acceptors (Lipinski definition) is 4. The molecule has 0 amide bonds. The summed E-state index contributed by atoms with van der Waals surface area (Å²) in [6.45, 7) is 1.08. The minimum absolute atomic E-state index is 0.311. The quantitative estimate of drug-likeness (QED) is 0.509. The summed E-state index contributed by atoms with van der Waals surface area (Å²) in [6, 6.07) is 0. The molecule has 1 saturated heterocycles. The van der Waals surface area contributed by atoms with Gasteiger partial charge in [0, 0.05) is 13.1 Å². The molecule has 0 aromatic heterocycles. The topological polar surface area (TPSA) is 75.6 Å². The Morgan fingerprint density at radius 3 is 1.94 bits per heavy atom. The molecule has 1 aliphatic rings. The molecule has 0 unspecified atom stereocenters. The number of carboxylic acids is 1. The highest BCUT2D eigenvalue weighted by molar-refractivity contribution is 5.82. The van der Waals surface area contributed by atoms with Crippen LogP contribution in [0.4, 0.5) is 13.2 Å². The number of rotatable bonds is 1. The van der Waals surface area contributed by atoms with E-state index in [2.05, 4.69) is 16.0 Å². The maximum Gasteiger partial charge on any atom is 0.490 e. The van der Waals surface area contributed by atoms with E-state index >= 15 is 0 Å². The fourth-order valence-corrected chi connectivity index (χ4v) is 0.876. The Balaban J connectivity index is 0.000000325. The largest absolute Gasteiger partial charge is 0.490 e. The lowest BCUT2D eigenvalue weighted by molar-refractivity contribution is -0.192. The van der Waals surface area contributed by atoms with E-state index in [9.17, 15) is 18.0 Å². The molecule has 1 aliphatic heterocycles. The van der Waals surface area contributed by atoms with Crippen molar-refractivity contribution in [1.82, 2.24) is 5.32 Å². The van der Waals surface area contributed by atoms with Crippen LogP contribution in [-0.4, -0.2) is 43.4 Å². The van der Waals surface area contributed by atoms with Crippen molar-refractivity contribution in [3.63, 3.8) is 0 Å². The van der Waals surface area contributed by atoms with Crippen molar-refractivity contribution in [3.8, 4) is 12.3 Å². The first-order chi connectivity index (χ1) is 7.69. The fourth-order valence-electron chi connectivity index (χ4n) is 0.876. The first kappa shape index (κ1) is 15.2. The monoisotopic (exact) mass is 253 g/mol. The number of ether oxygens (including phenoxy) is 1. The molecule has 0 aliphatic carbocycles. The zero-order valence-electron chi connectivity index (χ0n) is 8.80. The fraction of sp³-hybridized carbons (Fsp3) is 0.556. The smallest absolute Gasteiger partial charge is 0.475 e. The summed E-state index contributed by atoms with van der Waals surface area (Å²) in [5, 5.41) is 10.0. The van der Waals surface area contributed by atoms with Crippen LogP contribution in [0.15, 0.2) is 0 Å². The Morgan fingerprint density at radius 2 is 1.88 bits per heavy atom. The first-order valence-electron chi connectivity index (χ1n) is 4.26. The van der Waals surface area contributed by atoms with Crippen LogP contribution in [-0.2, 0) is 14.3 Å². The molecule has 0 bridgehead atoms. The predicted octanol–water partition coefficient (Wildman–Crippen LogP) is 0.0155. The van der Waals surface area contributed by atoms with E-state index in [4.69, 9.17) is 16.3 Å². The molecule has 1 heterocycles. The van der Waals surface area contributed by atoms with Gasteiger partial charge in [-0.05, 0) is 0 Å². The van der Waals surface area contributed by atoms with Gasteiger partial charge in [0.05, 0.1) is 7.11 Å². The third kappa shape index (κ3) is 3.96. The van der Waals surface area contributed by atoms with Crippen molar-refractivity contribution in [2.24, 2.45) is 5.41 Å². The van der Waals surface area contributed by atoms with Crippen LogP contribution < -0.4 is 5.32 Å². The number of carboxylic acid groups (broad SMARTS) is 1. The standard InChI is InChI=1S/C7H9NO2.C2HF3O2/c1-3-7(4-8-5-7)6(9)10-2;3-2(4,5)1(6)7/h1,8H,4-5H2,2H3;(H,6,7). The molecule has 2 N–H and O–H groups in total. The molecule has 1 rings (SSSR count). The summed E-state index contributed by atoms with van der Waals surface area (Å²) < 4.78 is 36.3. The SMILES string of the molecule is C#CC1(C(=O)OC)CNC1.O=C(O)C(F)(F)F. The average molecular weight is 253 g/mol. The van der Waals surface area contributed by atoms with E-state index in [1.54, 1.807) is 0 Å². The summed E-state index contributed by atoms with van der Waals surface area (Å²) in [5.74, 6) is -0.640. The van der Waals surface area contributed by atoms with Crippen molar-refractivity contribution < 1.29 is 32.6 Å². The van der Waals surface area contributed by atoms with E-state index in [0.29, 0.717) is 13.1 Å². The van der Waals surface area contributed by atoms with Crippen molar-refractivity contribution in [3.05, 3.63) is 0 Å². The first-order valence-corrected chi connectivity index (χ1v) is 4.26. The third-order valence-electron chi connectivity index (χ3n) is 1.95. The zero-order valence-corrected chi connectivity index (χ0v) is 8.80. The van der Waals surface area contributed by atoms with Crippen molar-refractivity contribution in [2.75, 3.05) is 20.2 Å². The lowest BCUT2D eigenvalue weighted by Crippen LogP contribution is -2.57. The number of halogens is 3. The maximum absolute atomic E-state index is 10.9. The van der Waals surface area contributed by atoms with E-state index in [-0.39, 0.29) is 5.97 Å². The van der Waals surface area contributed by atoms with Crippen LogP contribution in [0, 0.1) is 17.8 Å². The van der Waals surface area contributed by atoms with Crippen LogP contribution in [0.25, 0.3) is 0 Å². The van der Waals surface area contributed by atoms with Gasteiger partial charge in [0.1, 0.15) is 0 Å². The zero-order chi connectivity index (χ0) is 13.7. The Morgan fingerprint density at radius 1 is 1.47 bits per heavy atom.